The van der Waals surface area contributed by atoms with Crippen molar-refractivity contribution in [3.8, 4) is 0 Å². The Hall–Kier alpha value is -1.69. The molecule has 1 aliphatic rings. The zero-order chi connectivity index (χ0) is 11.5. The lowest BCUT2D eigenvalue weighted by Gasteiger charge is -2.13. The van der Waals surface area contributed by atoms with Crippen LogP contribution in [0.3, 0.4) is 0 Å². The number of benzene rings is 1. The number of rotatable bonds is 3. The maximum absolute atomic E-state index is 13.5. The summed E-state index contributed by atoms with van der Waals surface area (Å²) >= 11 is 0. The van der Waals surface area contributed by atoms with Crippen LogP contribution in [-0.2, 0) is 0 Å². The van der Waals surface area contributed by atoms with Gasteiger partial charge in [-0.05, 0) is 19.0 Å². The molecule has 5 nitrogen and oxygen atoms in total. The first-order valence-corrected chi connectivity index (χ1v) is 5.08. The van der Waals surface area contributed by atoms with E-state index in [1.165, 1.54) is 12.1 Å². The van der Waals surface area contributed by atoms with E-state index in [9.17, 15) is 14.5 Å². The molecule has 1 unspecified atom stereocenters. The van der Waals surface area contributed by atoms with Crippen LogP contribution < -0.4 is 10.6 Å². The van der Waals surface area contributed by atoms with Crippen molar-refractivity contribution in [1.29, 1.82) is 0 Å². The van der Waals surface area contributed by atoms with E-state index in [2.05, 4.69) is 10.6 Å². The van der Waals surface area contributed by atoms with Crippen LogP contribution in [0.5, 0.6) is 0 Å². The zero-order valence-electron chi connectivity index (χ0n) is 8.57. The van der Waals surface area contributed by atoms with Crippen molar-refractivity contribution < 1.29 is 9.31 Å². The Kier molecular flexibility index (Phi) is 3.00. The average Bonchev–Trinajstić information content (AvgIpc) is 2.73. The second-order valence-corrected chi connectivity index (χ2v) is 3.76. The van der Waals surface area contributed by atoms with Crippen LogP contribution >= 0.6 is 0 Å². The SMILES string of the molecule is O=[N+]([O-])c1ccc(NC2CCNC2)c(F)c1. The first-order chi connectivity index (χ1) is 7.66. The lowest BCUT2D eigenvalue weighted by atomic mass is 10.2. The molecule has 86 valence electrons. The van der Waals surface area contributed by atoms with Crippen molar-refractivity contribution >= 4 is 11.4 Å². The van der Waals surface area contributed by atoms with Crippen molar-refractivity contribution in [1.82, 2.24) is 5.32 Å². The molecule has 1 fully saturated rings. The van der Waals surface area contributed by atoms with E-state index < -0.39 is 10.7 Å². The van der Waals surface area contributed by atoms with Crippen LogP contribution in [0.15, 0.2) is 18.2 Å². The summed E-state index contributed by atoms with van der Waals surface area (Å²) in [6.07, 6.45) is 0.927. The van der Waals surface area contributed by atoms with E-state index in [-0.39, 0.29) is 11.7 Å². The van der Waals surface area contributed by atoms with Gasteiger partial charge in [-0.3, -0.25) is 10.1 Å². The Morgan fingerprint density at radius 2 is 2.38 bits per heavy atom. The van der Waals surface area contributed by atoms with Gasteiger partial charge in [-0.15, -0.1) is 0 Å². The molecule has 0 amide bonds. The van der Waals surface area contributed by atoms with Crippen LogP contribution in [0.4, 0.5) is 15.8 Å². The van der Waals surface area contributed by atoms with Crippen LogP contribution in [0.25, 0.3) is 0 Å². The fourth-order valence-corrected chi connectivity index (χ4v) is 1.73. The molecule has 1 aromatic carbocycles. The molecule has 1 heterocycles. The minimum absolute atomic E-state index is 0.191. The molecular formula is C10H12FN3O2. The van der Waals surface area contributed by atoms with Gasteiger partial charge in [-0.2, -0.15) is 0 Å². The summed E-state index contributed by atoms with van der Waals surface area (Å²) < 4.78 is 13.5. The number of halogens is 1. The highest BCUT2D eigenvalue weighted by atomic mass is 19.1. The maximum atomic E-state index is 13.5. The molecule has 1 aromatic rings. The fourth-order valence-electron chi connectivity index (χ4n) is 1.73. The summed E-state index contributed by atoms with van der Waals surface area (Å²) in [5.41, 5.74) is 0.0897. The number of hydrogen-bond acceptors (Lipinski definition) is 4. The number of nitrogens with one attached hydrogen (secondary N) is 2. The number of anilines is 1. The van der Waals surface area contributed by atoms with Crippen molar-refractivity contribution in [2.24, 2.45) is 0 Å². The number of nitrogens with zero attached hydrogens (tertiary/aromatic N) is 1. The predicted molar refractivity (Wildman–Crippen MR) is 58.0 cm³/mol. The fraction of sp³-hybridized carbons (Fsp3) is 0.400. The normalized spacial score (nSPS) is 19.7. The highest BCUT2D eigenvalue weighted by Crippen LogP contribution is 2.21. The second-order valence-electron chi connectivity index (χ2n) is 3.76. The van der Waals surface area contributed by atoms with E-state index in [1.807, 2.05) is 0 Å². The van der Waals surface area contributed by atoms with Crippen molar-refractivity contribution in [2.45, 2.75) is 12.5 Å². The van der Waals surface area contributed by atoms with Gasteiger partial charge >= 0.3 is 0 Å². The van der Waals surface area contributed by atoms with Gasteiger partial charge in [0.2, 0.25) is 0 Å². The van der Waals surface area contributed by atoms with E-state index in [0.717, 1.165) is 25.6 Å². The Morgan fingerprint density at radius 1 is 1.56 bits per heavy atom. The molecule has 0 saturated carbocycles. The standard InChI is InChI=1S/C10H12FN3O2/c11-9-5-8(14(15)16)1-2-10(9)13-7-3-4-12-6-7/h1-2,5,7,12-13H,3-4,6H2. The molecule has 0 bridgehead atoms. The summed E-state index contributed by atoms with van der Waals surface area (Å²) in [5, 5.41) is 16.6. The molecule has 0 aromatic heterocycles. The molecule has 6 heteroatoms. The van der Waals surface area contributed by atoms with Gasteiger partial charge in [0.05, 0.1) is 16.7 Å². The molecule has 0 radical (unpaired) electrons. The molecule has 2 N–H and O–H groups in total. The predicted octanol–water partition coefficient (Wildman–Crippen LogP) is 1.51. The smallest absolute Gasteiger partial charge is 0.272 e. The number of non-ortho nitro benzene ring substituents is 1. The zero-order valence-corrected chi connectivity index (χ0v) is 8.57. The molecule has 16 heavy (non-hydrogen) atoms. The Labute approximate surface area is 91.8 Å². The highest BCUT2D eigenvalue weighted by molar-refractivity contribution is 5.50. The van der Waals surface area contributed by atoms with Gasteiger partial charge in [0.15, 0.2) is 5.82 Å². The highest BCUT2D eigenvalue weighted by Gasteiger charge is 2.17. The number of nitro groups is 1. The van der Waals surface area contributed by atoms with Gasteiger partial charge in [-0.1, -0.05) is 0 Å². The first-order valence-electron chi connectivity index (χ1n) is 5.08. The Balaban J connectivity index is 2.12. The topological polar surface area (TPSA) is 67.2 Å². The van der Waals surface area contributed by atoms with Crippen molar-refractivity contribution in [3.63, 3.8) is 0 Å². The average molecular weight is 225 g/mol. The second kappa shape index (κ2) is 4.44. The molecule has 1 atom stereocenters. The minimum Gasteiger partial charge on any atom is -0.379 e. The van der Waals surface area contributed by atoms with Gasteiger partial charge in [0.1, 0.15) is 0 Å². The third kappa shape index (κ3) is 2.27. The van der Waals surface area contributed by atoms with Gasteiger partial charge in [0, 0.05) is 18.7 Å². The molecule has 2 rings (SSSR count). The van der Waals surface area contributed by atoms with Gasteiger partial charge in [-0.25, -0.2) is 4.39 Å². The third-order valence-electron chi connectivity index (χ3n) is 2.58. The molecular weight excluding hydrogens is 213 g/mol. The van der Waals surface area contributed by atoms with Crippen molar-refractivity contribution in [3.05, 3.63) is 34.1 Å². The lowest BCUT2D eigenvalue weighted by Crippen LogP contribution is -2.22. The van der Waals surface area contributed by atoms with E-state index in [0.29, 0.717) is 5.69 Å². The van der Waals surface area contributed by atoms with Gasteiger partial charge in [0.25, 0.3) is 5.69 Å². The van der Waals surface area contributed by atoms with Crippen LogP contribution in [-0.4, -0.2) is 24.1 Å². The summed E-state index contributed by atoms with van der Waals surface area (Å²) in [7, 11) is 0. The summed E-state index contributed by atoms with van der Waals surface area (Å²) in [5.74, 6) is -0.582. The minimum atomic E-state index is -0.607. The lowest BCUT2D eigenvalue weighted by molar-refractivity contribution is -0.385. The van der Waals surface area contributed by atoms with E-state index in [1.54, 1.807) is 0 Å². The largest absolute Gasteiger partial charge is 0.379 e. The third-order valence-corrected chi connectivity index (χ3v) is 2.58. The number of hydrogen-bond donors (Lipinski definition) is 2. The monoisotopic (exact) mass is 225 g/mol. The summed E-state index contributed by atoms with van der Waals surface area (Å²) in [6, 6.07) is 3.83. The molecule has 1 aliphatic heterocycles. The van der Waals surface area contributed by atoms with Gasteiger partial charge < -0.3 is 10.6 Å². The summed E-state index contributed by atoms with van der Waals surface area (Å²) in [6.45, 7) is 1.70. The van der Waals surface area contributed by atoms with Crippen LogP contribution in [0.1, 0.15) is 6.42 Å². The van der Waals surface area contributed by atoms with Crippen LogP contribution in [0.2, 0.25) is 0 Å². The first kappa shape index (κ1) is 10.8. The Morgan fingerprint density at radius 3 is 2.94 bits per heavy atom. The van der Waals surface area contributed by atoms with E-state index in [4.69, 9.17) is 0 Å². The number of nitro benzene ring substituents is 1. The van der Waals surface area contributed by atoms with Crippen LogP contribution in [0, 0.1) is 15.9 Å². The maximum Gasteiger partial charge on any atom is 0.272 e. The Bertz CT molecular complexity index is 405. The van der Waals surface area contributed by atoms with Crippen molar-refractivity contribution in [2.75, 3.05) is 18.4 Å². The molecule has 0 aliphatic carbocycles. The molecule has 1 saturated heterocycles. The van der Waals surface area contributed by atoms with E-state index >= 15 is 0 Å². The summed E-state index contributed by atoms with van der Waals surface area (Å²) in [4.78, 5) is 9.81. The molecule has 0 spiro atoms. The quantitative estimate of drug-likeness (QED) is 0.604.